The van der Waals surface area contributed by atoms with Crippen LogP contribution in [0.4, 0.5) is 5.69 Å². The number of ketones is 1. The summed E-state index contributed by atoms with van der Waals surface area (Å²) in [5.41, 5.74) is 2.16. The predicted molar refractivity (Wildman–Crippen MR) is 121 cm³/mol. The molecule has 0 unspecified atom stereocenters. The van der Waals surface area contributed by atoms with Gasteiger partial charge in [-0.3, -0.25) is 14.4 Å². The van der Waals surface area contributed by atoms with Crippen molar-refractivity contribution < 1.29 is 28.7 Å². The minimum atomic E-state index is -0.762. The maximum Gasteiger partial charge on any atom is 0.338 e. The lowest BCUT2D eigenvalue weighted by Crippen LogP contribution is -2.30. The van der Waals surface area contributed by atoms with Crippen molar-refractivity contribution in [3.63, 3.8) is 0 Å². The maximum atomic E-state index is 13.0. The molecule has 7 heteroatoms. The second-order valence-electron chi connectivity index (χ2n) is 7.42. The molecule has 0 saturated carbocycles. The Hall–Kier alpha value is -4.26. The fourth-order valence-electron chi connectivity index (χ4n) is 3.71. The Balaban J connectivity index is 1.52. The van der Waals surface area contributed by atoms with E-state index in [4.69, 9.17) is 9.47 Å². The van der Waals surface area contributed by atoms with Crippen LogP contribution >= 0.6 is 0 Å². The lowest BCUT2D eigenvalue weighted by molar-refractivity contribution is 0.0474. The van der Waals surface area contributed by atoms with Crippen molar-refractivity contribution in [2.75, 3.05) is 18.6 Å². The van der Waals surface area contributed by atoms with Crippen LogP contribution in [0.2, 0.25) is 0 Å². The molecule has 0 spiro atoms. The average molecular weight is 443 g/mol. The Labute approximate surface area is 190 Å². The molecule has 1 aliphatic heterocycles. The number of nitrogens with zero attached hydrogens (tertiary/aromatic N) is 1. The van der Waals surface area contributed by atoms with E-state index >= 15 is 0 Å². The number of para-hydroxylation sites is 1. The van der Waals surface area contributed by atoms with Gasteiger partial charge in [-0.2, -0.15) is 0 Å². The largest absolute Gasteiger partial charge is 0.497 e. The van der Waals surface area contributed by atoms with E-state index in [9.17, 15) is 19.2 Å². The number of benzene rings is 3. The van der Waals surface area contributed by atoms with Crippen molar-refractivity contribution in [3.8, 4) is 5.75 Å². The van der Waals surface area contributed by atoms with Crippen LogP contribution in [0, 0.1) is 0 Å². The van der Waals surface area contributed by atoms with Crippen molar-refractivity contribution in [2.45, 2.75) is 13.3 Å². The van der Waals surface area contributed by atoms with Gasteiger partial charge in [0.2, 0.25) is 0 Å². The van der Waals surface area contributed by atoms with Crippen molar-refractivity contribution in [3.05, 3.63) is 94.5 Å². The number of carbonyl (C=O) groups excluding carboxylic acids is 4. The third kappa shape index (κ3) is 4.13. The number of hydrogen-bond acceptors (Lipinski definition) is 6. The van der Waals surface area contributed by atoms with Gasteiger partial charge < -0.3 is 9.47 Å². The van der Waals surface area contributed by atoms with Gasteiger partial charge in [0.25, 0.3) is 11.8 Å². The number of Topliss-reactive ketones (excluding diaryl/α,β-unsaturated/α-hetero) is 1. The third-order valence-electron chi connectivity index (χ3n) is 5.46. The van der Waals surface area contributed by atoms with Gasteiger partial charge in [-0.15, -0.1) is 0 Å². The molecule has 3 aromatic carbocycles. The van der Waals surface area contributed by atoms with E-state index < -0.39 is 30.2 Å². The molecule has 0 aromatic heterocycles. The van der Waals surface area contributed by atoms with Crippen LogP contribution in [0.5, 0.6) is 5.75 Å². The van der Waals surface area contributed by atoms with E-state index in [0.717, 1.165) is 10.5 Å². The summed E-state index contributed by atoms with van der Waals surface area (Å²) < 4.78 is 10.2. The summed E-state index contributed by atoms with van der Waals surface area (Å²) in [6.45, 7) is 1.48. The second kappa shape index (κ2) is 9.08. The monoisotopic (exact) mass is 443 g/mol. The number of ether oxygens (including phenoxy) is 2. The van der Waals surface area contributed by atoms with E-state index in [1.165, 1.54) is 25.3 Å². The van der Waals surface area contributed by atoms with Gasteiger partial charge in [-0.05, 0) is 48.4 Å². The van der Waals surface area contributed by atoms with Crippen LogP contribution in [0.15, 0.2) is 66.7 Å². The van der Waals surface area contributed by atoms with Gasteiger partial charge in [0.05, 0.1) is 29.5 Å². The molecular weight excluding hydrogens is 422 g/mol. The van der Waals surface area contributed by atoms with Crippen molar-refractivity contribution >= 4 is 29.3 Å². The number of carbonyl (C=O) groups is 4. The summed E-state index contributed by atoms with van der Waals surface area (Å²) in [7, 11) is 1.49. The molecule has 33 heavy (non-hydrogen) atoms. The number of aryl methyl sites for hydroxylation is 1. The van der Waals surface area contributed by atoms with Crippen LogP contribution in [-0.2, 0) is 11.2 Å². The van der Waals surface area contributed by atoms with Gasteiger partial charge in [-0.1, -0.05) is 37.3 Å². The van der Waals surface area contributed by atoms with E-state index in [1.54, 1.807) is 36.4 Å². The van der Waals surface area contributed by atoms with Crippen LogP contribution in [0.25, 0.3) is 0 Å². The maximum absolute atomic E-state index is 13.0. The molecule has 0 atom stereocenters. The first-order chi connectivity index (χ1) is 15.9. The quantitative estimate of drug-likeness (QED) is 0.310. The number of esters is 1. The SMILES string of the molecule is CCc1ccccc1N1C(=O)c2ccc(C(=O)OCC(=O)c3cccc(OC)c3)cc2C1=O. The number of rotatable bonds is 7. The van der Waals surface area contributed by atoms with E-state index in [1.807, 2.05) is 19.1 Å². The number of fused-ring (bicyclic) bond motifs is 1. The van der Waals surface area contributed by atoms with Crippen molar-refractivity contribution in [1.29, 1.82) is 0 Å². The molecule has 0 saturated heterocycles. The minimum absolute atomic E-state index is 0.0824. The van der Waals surface area contributed by atoms with Crippen LogP contribution in [0.1, 0.15) is 53.9 Å². The Morgan fingerprint density at radius 3 is 2.36 bits per heavy atom. The summed E-state index contributed by atoms with van der Waals surface area (Å²) in [5.74, 6) is -1.58. The Bertz CT molecular complexity index is 1280. The number of imide groups is 1. The molecular formula is C26H21NO6. The lowest BCUT2D eigenvalue weighted by atomic mass is 10.1. The molecule has 0 fully saturated rings. The van der Waals surface area contributed by atoms with Gasteiger partial charge in [0, 0.05) is 5.56 Å². The average Bonchev–Trinajstić information content (AvgIpc) is 3.11. The zero-order valence-electron chi connectivity index (χ0n) is 18.2. The summed E-state index contributed by atoms with van der Waals surface area (Å²) in [4.78, 5) is 52.0. The number of hydrogen-bond donors (Lipinski definition) is 0. The normalized spacial score (nSPS) is 12.5. The first-order valence-corrected chi connectivity index (χ1v) is 10.4. The highest BCUT2D eigenvalue weighted by Gasteiger charge is 2.38. The smallest absolute Gasteiger partial charge is 0.338 e. The standard InChI is InChI=1S/C26H21NO6/c1-3-16-7-4-5-10-22(16)27-24(29)20-12-11-18(14-21(20)25(27)30)26(31)33-15-23(28)17-8-6-9-19(13-17)32-2/h4-14H,3,15H2,1-2H3. The summed E-state index contributed by atoms with van der Waals surface area (Å²) >= 11 is 0. The van der Waals surface area contributed by atoms with E-state index in [0.29, 0.717) is 23.4 Å². The molecule has 1 heterocycles. The van der Waals surface area contributed by atoms with Crippen LogP contribution in [0.3, 0.4) is 0 Å². The summed E-state index contributed by atoms with van der Waals surface area (Å²) in [6.07, 6.45) is 0.655. The molecule has 7 nitrogen and oxygen atoms in total. The zero-order valence-corrected chi connectivity index (χ0v) is 18.2. The van der Waals surface area contributed by atoms with E-state index in [-0.39, 0.29) is 16.7 Å². The highest BCUT2D eigenvalue weighted by Crippen LogP contribution is 2.31. The molecule has 1 aliphatic rings. The van der Waals surface area contributed by atoms with E-state index in [2.05, 4.69) is 0 Å². The van der Waals surface area contributed by atoms with Crippen LogP contribution < -0.4 is 9.64 Å². The molecule has 0 radical (unpaired) electrons. The molecule has 0 N–H and O–H groups in total. The van der Waals surface area contributed by atoms with Gasteiger partial charge in [0.1, 0.15) is 5.75 Å². The van der Waals surface area contributed by atoms with Gasteiger partial charge in [0.15, 0.2) is 12.4 Å². The first-order valence-electron chi connectivity index (χ1n) is 10.4. The molecule has 0 aliphatic carbocycles. The zero-order chi connectivity index (χ0) is 23.5. The van der Waals surface area contributed by atoms with Crippen molar-refractivity contribution in [2.24, 2.45) is 0 Å². The topological polar surface area (TPSA) is 90.0 Å². The Morgan fingerprint density at radius 1 is 0.848 bits per heavy atom. The Morgan fingerprint density at radius 2 is 1.61 bits per heavy atom. The fourth-order valence-corrected chi connectivity index (χ4v) is 3.71. The molecule has 2 amide bonds. The minimum Gasteiger partial charge on any atom is -0.497 e. The Kier molecular flexibility index (Phi) is 6.04. The van der Waals surface area contributed by atoms with Crippen LogP contribution in [-0.4, -0.2) is 37.3 Å². The number of amides is 2. The number of methoxy groups -OCH3 is 1. The van der Waals surface area contributed by atoms with Gasteiger partial charge in [-0.25, -0.2) is 9.69 Å². The van der Waals surface area contributed by atoms with Crippen molar-refractivity contribution in [1.82, 2.24) is 0 Å². The predicted octanol–water partition coefficient (Wildman–Crippen LogP) is 4.10. The number of anilines is 1. The highest BCUT2D eigenvalue weighted by molar-refractivity contribution is 6.35. The molecule has 166 valence electrons. The summed E-state index contributed by atoms with van der Waals surface area (Å²) in [5, 5.41) is 0. The molecule has 0 bridgehead atoms. The van der Waals surface area contributed by atoms with Gasteiger partial charge >= 0.3 is 5.97 Å². The third-order valence-corrected chi connectivity index (χ3v) is 5.46. The molecule has 4 rings (SSSR count). The summed E-state index contributed by atoms with van der Waals surface area (Å²) in [6, 6.07) is 17.9. The molecule has 3 aromatic rings. The fraction of sp³-hybridized carbons (Fsp3) is 0.154. The highest BCUT2D eigenvalue weighted by atomic mass is 16.5. The lowest BCUT2D eigenvalue weighted by Gasteiger charge is -2.17. The second-order valence-corrected chi connectivity index (χ2v) is 7.42. The first kappa shape index (κ1) is 22.0.